The van der Waals surface area contributed by atoms with Crippen molar-refractivity contribution >= 4 is 11.7 Å². The molecule has 148 valence electrons. The summed E-state index contributed by atoms with van der Waals surface area (Å²) in [6.45, 7) is 4.56. The zero-order valence-electron chi connectivity index (χ0n) is 16.3. The van der Waals surface area contributed by atoms with Gasteiger partial charge in [0.05, 0.1) is 12.8 Å². The van der Waals surface area contributed by atoms with Crippen molar-refractivity contribution in [3.05, 3.63) is 51.9 Å². The molecule has 4 rings (SSSR count). The third-order valence-electron chi connectivity index (χ3n) is 5.31. The molecule has 2 aromatic heterocycles. The van der Waals surface area contributed by atoms with E-state index in [1.807, 2.05) is 24.3 Å². The zero-order valence-corrected chi connectivity index (χ0v) is 16.3. The molecule has 1 aliphatic heterocycles. The summed E-state index contributed by atoms with van der Waals surface area (Å²) in [4.78, 5) is 23.9. The number of rotatable bonds is 6. The topological polar surface area (TPSA) is 87.5 Å². The second-order valence-electron chi connectivity index (χ2n) is 7.31. The van der Waals surface area contributed by atoms with Crippen molar-refractivity contribution in [2.75, 3.05) is 19.0 Å². The number of aromatic nitrogens is 4. The monoisotopic (exact) mass is 382 g/mol. The Morgan fingerprint density at radius 2 is 2.07 bits per heavy atom. The largest absolute Gasteiger partial charge is 0.497 e. The summed E-state index contributed by atoms with van der Waals surface area (Å²) in [5.74, 6) is 1.73. The predicted molar refractivity (Wildman–Crippen MR) is 108 cm³/mol. The van der Waals surface area contributed by atoms with Crippen molar-refractivity contribution in [2.45, 2.75) is 45.3 Å². The van der Waals surface area contributed by atoms with E-state index in [1.165, 1.54) is 23.8 Å². The summed E-state index contributed by atoms with van der Waals surface area (Å²) in [5.41, 5.74) is 1.71. The van der Waals surface area contributed by atoms with E-state index in [9.17, 15) is 4.79 Å². The summed E-state index contributed by atoms with van der Waals surface area (Å²) >= 11 is 0. The van der Waals surface area contributed by atoms with Crippen LogP contribution in [0.1, 0.15) is 37.4 Å². The number of fused-ring (bicyclic) bond motifs is 1. The lowest BCUT2D eigenvalue weighted by Gasteiger charge is -2.32. The van der Waals surface area contributed by atoms with Gasteiger partial charge < -0.3 is 10.1 Å². The van der Waals surface area contributed by atoms with E-state index in [4.69, 9.17) is 4.74 Å². The molecule has 8 heteroatoms. The van der Waals surface area contributed by atoms with Crippen molar-refractivity contribution in [2.24, 2.45) is 0 Å². The second kappa shape index (κ2) is 8.02. The highest BCUT2D eigenvalue weighted by atomic mass is 16.5. The lowest BCUT2D eigenvalue weighted by Crippen LogP contribution is -2.37. The molecule has 0 saturated carbocycles. The van der Waals surface area contributed by atoms with Crippen LogP contribution in [0, 0.1) is 0 Å². The summed E-state index contributed by atoms with van der Waals surface area (Å²) in [5, 5.41) is 6.18. The average Bonchev–Trinajstić information content (AvgIpc) is 3.12. The first-order valence-corrected chi connectivity index (χ1v) is 9.72. The van der Waals surface area contributed by atoms with E-state index in [2.05, 4.69) is 32.2 Å². The van der Waals surface area contributed by atoms with Crippen LogP contribution in [0.4, 0.5) is 5.95 Å². The van der Waals surface area contributed by atoms with Gasteiger partial charge in [-0.05, 0) is 44.0 Å². The number of nitrogens with one attached hydrogen (secondary N) is 2. The van der Waals surface area contributed by atoms with Crippen molar-refractivity contribution in [3.63, 3.8) is 0 Å². The number of anilines is 1. The standard InChI is InChI=1S/C20H26N6O2/c1-14-5-3-4-10-25(14)13-16-11-18(27)26-20(22-16)23-19(24-26)21-12-15-6-8-17(28-2)9-7-15/h6-9,11,14H,3-5,10,12-13H2,1-2H3,(H2,21,22,23,24)/t14-/m0/s1. The van der Waals surface area contributed by atoms with Gasteiger partial charge in [-0.3, -0.25) is 14.8 Å². The minimum absolute atomic E-state index is 0.144. The first kappa shape index (κ1) is 18.5. The predicted octanol–water partition coefficient (Wildman–Crippen LogP) is 2.41. The van der Waals surface area contributed by atoms with E-state index in [0.29, 0.717) is 30.9 Å². The van der Waals surface area contributed by atoms with Crippen LogP contribution in [0.15, 0.2) is 35.1 Å². The summed E-state index contributed by atoms with van der Waals surface area (Å²) in [7, 11) is 1.65. The third-order valence-corrected chi connectivity index (χ3v) is 5.31. The lowest BCUT2D eigenvalue weighted by molar-refractivity contribution is 0.151. The molecule has 28 heavy (non-hydrogen) atoms. The highest BCUT2D eigenvalue weighted by Crippen LogP contribution is 2.18. The van der Waals surface area contributed by atoms with Gasteiger partial charge in [-0.2, -0.15) is 9.50 Å². The van der Waals surface area contributed by atoms with Gasteiger partial charge in [0.1, 0.15) is 5.75 Å². The number of methoxy groups -OCH3 is 1. The normalized spacial score (nSPS) is 17.7. The van der Waals surface area contributed by atoms with Gasteiger partial charge in [0.2, 0.25) is 5.95 Å². The van der Waals surface area contributed by atoms with E-state index >= 15 is 0 Å². The van der Waals surface area contributed by atoms with Crippen molar-refractivity contribution < 1.29 is 4.74 Å². The van der Waals surface area contributed by atoms with E-state index in [-0.39, 0.29) is 5.56 Å². The minimum atomic E-state index is -0.144. The van der Waals surface area contributed by atoms with Gasteiger partial charge in [-0.1, -0.05) is 18.6 Å². The van der Waals surface area contributed by atoms with Crippen LogP contribution in [-0.2, 0) is 13.1 Å². The second-order valence-corrected chi connectivity index (χ2v) is 7.31. The molecule has 3 heterocycles. The van der Waals surface area contributed by atoms with Crippen LogP contribution in [0.25, 0.3) is 5.78 Å². The molecule has 2 N–H and O–H groups in total. The quantitative estimate of drug-likeness (QED) is 0.681. The van der Waals surface area contributed by atoms with Gasteiger partial charge in [0, 0.05) is 25.2 Å². The Labute approximate surface area is 163 Å². The highest BCUT2D eigenvalue weighted by molar-refractivity contribution is 5.38. The van der Waals surface area contributed by atoms with Crippen LogP contribution in [0.5, 0.6) is 5.75 Å². The van der Waals surface area contributed by atoms with Crippen LogP contribution >= 0.6 is 0 Å². The number of hydrogen-bond donors (Lipinski definition) is 2. The van der Waals surface area contributed by atoms with Gasteiger partial charge in [0.15, 0.2) is 0 Å². The van der Waals surface area contributed by atoms with E-state index in [0.717, 1.165) is 23.6 Å². The maximum atomic E-state index is 12.5. The molecule has 0 aliphatic carbocycles. The fourth-order valence-electron chi connectivity index (χ4n) is 3.62. The van der Waals surface area contributed by atoms with Gasteiger partial charge in [0.25, 0.3) is 11.3 Å². The number of ether oxygens (including phenoxy) is 1. The van der Waals surface area contributed by atoms with Crippen LogP contribution in [-0.4, -0.2) is 44.2 Å². The van der Waals surface area contributed by atoms with Crippen molar-refractivity contribution in [3.8, 4) is 5.75 Å². The van der Waals surface area contributed by atoms with Gasteiger partial charge in [-0.15, -0.1) is 0 Å². The summed E-state index contributed by atoms with van der Waals surface area (Å²) in [6, 6.07) is 9.91. The smallest absolute Gasteiger partial charge is 0.274 e. The Bertz CT molecular complexity index is 994. The Morgan fingerprint density at radius 1 is 1.25 bits per heavy atom. The molecule has 0 radical (unpaired) electrons. The molecule has 1 aromatic carbocycles. The molecule has 3 aromatic rings. The average molecular weight is 382 g/mol. The number of hydrogen-bond acceptors (Lipinski definition) is 6. The molecule has 1 atom stereocenters. The zero-order chi connectivity index (χ0) is 19.5. The maximum absolute atomic E-state index is 12.5. The minimum Gasteiger partial charge on any atom is -0.497 e. The Balaban J connectivity index is 1.48. The molecule has 1 fully saturated rings. The number of benzene rings is 1. The Hall–Kier alpha value is -2.87. The number of likely N-dealkylation sites (tertiary alicyclic amines) is 1. The highest BCUT2D eigenvalue weighted by Gasteiger charge is 2.19. The van der Waals surface area contributed by atoms with Crippen LogP contribution in [0.2, 0.25) is 0 Å². The molecule has 8 nitrogen and oxygen atoms in total. The molecule has 0 spiro atoms. The van der Waals surface area contributed by atoms with E-state index in [1.54, 1.807) is 13.2 Å². The molecule has 0 bridgehead atoms. The van der Waals surface area contributed by atoms with Gasteiger partial charge in [-0.25, -0.2) is 4.98 Å². The van der Waals surface area contributed by atoms with Crippen molar-refractivity contribution in [1.29, 1.82) is 0 Å². The molecule has 1 aliphatic rings. The SMILES string of the molecule is COc1ccc(CNc2nc3nc(CN4CCCC[C@@H]4C)cc(=O)n3[nH]2)cc1. The fourth-order valence-corrected chi connectivity index (χ4v) is 3.62. The van der Waals surface area contributed by atoms with E-state index < -0.39 is 0 Å². The fraction of sp³-hybridized carbons (Fsp3) is 0.450. The molecular weight excluding hydrogens is 356 g/mol. The summed E-state index contributed by atoms with van der Waals surface area (Å²) < 4.78 is 6.54. The number of H-pyrrole nitrogens is 1. The van der Waals surface area contributed by atoms with Crippen LogP contribution < -0.4 is 15.6 Å². The first-order chi connectivity index (χ1) is 13.6. The van der Waals surface area contributed by atoms with Gasteiger partial charge >= 0.3 is 0 Å². The lowest BCUT2D eigenvalue weighted by atomic mass is 10.0. The number of aromatic amines is 1. The third kappa shape index (κ3) is 4.01. The van der Waals surface area contributed by atoms with Crippen LogP contribution in [0.3, 0.4) is 0 Å². The Kier molecular flexibility index (Phi) is 5.29. The molecule has 1 saturated heterocycles. The number of nitrogens with zero attached hydrogens (tertiary/aromatic N) is 4. The molecule has 0 amide bonds. The first-order valence-electron chi connectivity index (χ1n) is 9.72. The Morgan fingerprint density at radius 3 is 2.82 bits per heavy atom. The number of piperidine rings is 1. The summed E-state index contributed by atoms with van der Waals surface area (Å²) in [6.07, 6.45) is 3.67. The molecular formula is C20H26N6O2. The maximum Gasteiger partial charge on any atom is 0.274 e. The van der Waals surface area contributed by atoms with Crippen molar-refractivity contribution in [1.82, 2.24) is 24.5 Å². The molecule has 0 unspecified atom stereocenters.